The number of rotatable bonds is 4. The summed E-state index contributed by atoms with van der Waals surface area (Å²) >= 11 is 0. The average molecular weight is 273 g/mol. The Morgan fingerprint density at radius 3 is 2.40 bits per heavy atom. The first-order chi connectivity index (χ1) is 9.44. The molecule has 0 saturated carbocycles. The van der Waals surface area contributed by atoms with Crippen molar-refractivity contribution in [3.8, 4) is 11.5 Å². The summed E-state index contributed by atoms with van der Waals surface area (Å²) in [5.41, 5.74) is 0.778. The molecule has 106 valence electrons. The third kappa shape index (κ3) is 4.35. The molecular formula is C17H20FNO. The molecule has 0 aliphatic heterocycles. The lowest BCUT2D eigenvalue weighted by Gasteiger charge is -2.21. The number of ether oxygens (including phenoxy) is 1. The van der Waals surface area contributed by atoms with Crippen LogP contribution in [0.4, 0.5) is 4.39 Å². The van der Waals surface area contributed by atoms with Gasteiger partial charge in [0, 0.05) is 17.6 Å². The predicted octanol–water partition coefficient (Wildman–Crippen LogP) is 4.51. The van der Waals surface area contributed by atoms with E-state index in [1.165, 1.54) is 12.1 Å². The van der Waals surface area contributed by atoms with E-state index >= 15 is 0 Å². The molecule has 3 heteroatoms. The van der Waals surface area contributed by atoms with Crippen LogP contribution in [0, 0.1) is 5.82 Å². The van der Waals surface area contributed by atoms with E-state index < -0.39 is 0 Å². The molecule has 0 unspecified atom stereocenters. The summed E-state index contributed by atoms with van der Waals surface area (Å²) < 4.78 is 19.2. The Morgan fingerprint density at radius 2 is 1.75 bits per heavy atom. The van der Waals surface area contributed by atoms with Gasteiger partial charge in [-0.2, -0.15) is 0 Å². The third-order valence-electron chi connectivity index (χ3n) is 2.80. The minimum absolute atomic E-state index is 0.0314. The van der Waals surface area contributed by atoms with Crippen LogP contribution in [-0.4, -0.2) is 5.54 Å². The van der Waals surface area contributed by atoms with Crippen LogP contribution < -0.4 is 10.1 Å². The van der Waals surface area contributed by atoms with Crippen LogP contribution in [0.1, 0.15) is 26.3 Å². The van der Waals surface area contributed by atoms with Crippen LogP contribution in [0.15, 0.2) is 48.5 Å². The molecule has 2 aromatic rings. The molecule has 2 rings (SSSR count). The van der Waals surface area contributed by atoms with Gasteiger partial charge in [-0.05, 0) is 51.1 Å². The Bertz CT molecular complexity index is 561. The smallest absolute Gasteiger partial charge is 0.132 e. The highest BCUT2D eigenvalue weighted by molar-refractivity contribution is 5.38. The molecule has 0 aliphatic rings. The molecule has 0 aromatic heterocycles. The van der Waals surface area contributed by atoms with E-state index in [1.807, 2.05) is 30.3 Å². The Hall–Kier alpha value is -1.87. The van der Waals surface area contributed by atoms with E-state index in [1.54, 1.807) is 6.07 Å². The van der Waals surface area contributed by atoms with Gasteiger partial charge in [0.25, 0.3) is 0 Å². The molecule has 1 N–H and O–H groups in total. The maximum absolute atomic E-state index is 13.4. The zero-order valence-corrected chi connectivity index (χ0v) is 12.1. The summed E-state index contributed by atoms with van der Waals surface area (Å²) in [5.74, 6) is 1.17. The molecule has 0 fully saturated rings. The normalized spacial score (nSPS) is 11.4. The first-order valence-electron chi connectivity index (χ1n) is 6.70. The van der Waals surface area contributed by atoms with Gasteiger partial charge in [0.2, 0.25) is 0 Å². The van der Waals surface area contributed by atoms with Gasteiger partial charge in [0.1, 0.15) is 17.3 Å². The molecule has 0 amide bonds. The summed E-state index contributed by atoms with van der Waals surface area (Å²) in [6.45, 7) is 6.78. The number of halogens is 1. The second-order valence-corrected chi connectivity index (χ2v) is 5.77. The highest BCUT2D eigenvalue weighted by Gasteiger charge is 2.12. The molecule has 2 aromatic carbocycles. The molecule has 0 saturated heterocycles. The van der Waals surface area contributed by atoms with Crippen molar-refractivity contribution in [1.29, 1.82) is 0 Å². The Morgan fingerprint density at radius 1 is 1.05 bits per heavy atom. The van der Waals surface area contributed by atoms with E-state index in [0.717, 1.165) is 11.3 Å². The second-order valence-electron chi connectivity index (χ2n) is 5.77. The largest absolute Gasteiger partial charge is 0.457 e. The van der Waals surface area contributed by atoms with Gasteiger partial charge < -0.3 is 10.1 Å². The number of benzene rings is 2. The van der Waals surface area contributed by atoms with Gasteiger partial charge in [0.15, 0.2) is 0 Å². The van der Waals surface area contributed by atoms with Gasteiger partial charge in [-0.1, -0.05) is 18.2 Å². The molecule has 0 atom stereocenters. The SMILES string of the molecule is CC(C)(C)NCc1cc(F)ccc1Oc1ccccc1. The lowest BCUT2D eigenvalue weighted by Crippen LogP contribution is -2.35. The van der Waals surface area contributed by atoms with Gasteiger partial charge >= 0.3 is 0 Å². The Balaban J connectivity index is 2.19. The van der Waals surface area contributed by atoms with Crippen molar-refractivity contribution in [2.24, 2.45) is 0 Å². The van der Waals surface area contributed by atoms with Gasteiger partial charge in [-0.3, -0.25) is 0 Å². The summed E-state index contributed by atoms with van der Waals surface area (Å²) in [6.07, 6.45) is 0. The molecular weight excluding hydrogens is 253 g/mol. The molecule has 0 radical (unpaired) electrons. The Labute approximate surface area is 119 Å². The maximum Gasteiger partial charge on any atom is 0.132 e. The zero-order chi connectivity index (χ0) is 14.6. The lowest BCUT2D eigenvalue weighted by molar-refractivity contribution is 0.413. The average Bonchev–Trinajstić information content (AvgIpc) is 2.39. The Kier molecular flexibility index (Phi) is 4.40. The first kappa shape index (κ1) is 14.5. The fourth-order valence-corrected chi connectivity index (χ4v) is 1.76. The molecule has 0 aliphatic carbocycles. The van der Waals surface area contributed by atoms with E-state index in [9.17, 15) is 4.39 Å². The number of hydrogen-bond acceptors (Lipinski definition) is 2. The van der Waals surface area contributed by atoms with E-state index in [4.69, 9.17) is 4.74 Å². The van der Waals surface area contributed by atoms with Crippen LogP contribution in [0.25, 0.3) is 0 Å². The van der Waals surface area contributed by atoms with Crippen molar-refractivity contribution in [3.63, 3.8) is 0 Å². The van der Waals surface area contributed by atoms with E-state index in [2.05, 4.69) is 26.1 Å². The standard InChI is InChI=1S/C17H20FNO/c1-17(2,3)19-12-13-11-14(18)9-10-16(13)20-15-7-5-4-6-8-15/h4-11,19H,12H2,1-3H3. The topological polar surface area (TPSA) is 21.3 Å². The fourth-order valence-electron chi connectivity index (χ4n) is 1.76. The molecule has 0 heterocycles. The molecule has 20 heavy (non-hydrogen) atoms. The third-order valence-corrected chi connectivity index (χ3v) is 2.80. The number of hydrogen-bond donors (Lipinski definition) is 1. The second kappa shape index (κ2) is 6.06. The van der Waals surface area contributed by atoms with Crippen molar-refractivity contribution in [2.45, 2.75) is 32.9 Å². The first-order valence-corrected chi connectivity index (χ1v) is 6.70. The summed E-state index contributed by atoms with van der Waals surface area (Å²) in [7, 11) is 0. The monoisotopic (exact) mass is 273 g/mol. The summed E-state index contributed by atoms with van der Waals surface area (Å²) in [5, 5.41) is 3.34. The summed E-state index contributed by atoms with van der Waals surface area (Å²) in [4.78, 5) is 0. The van der Waals surface area contributed by atoms with Gasteiger partial charge in [-0.15, -0.1) is 0 Å². The number of para-hydroxylation sites is 1. The van der Waals surface area contributed by atoms with Gasteiger partial charge in [0.05, 0.1) is 0 Å². The quantitative estimate of drug-likeness (QED) is 0.885. The predicted molar refractivity (Wildman–Crippen MR) is 79.5 cm³/mol. The van der Waals surface area contributed by atoms with Crippen LogP contribution in [0.2, 0.25) is 0 Å². The van der Waals surface area contributed by atoms with Crippen LogP contribution >= 0.6 is 0 Å². The number of nitrogens with one attached hydrogen (secondary N) is 1. The fraction of sp³-hybridized carbons (Fsp3) is 0.294. The highest BCUT2D eigenvalue weighted by atomic mass is 19.1. The van der Waals surface area contributed by atoms with Crippen LogP contribution in [0.3, 0.4) is 0 Å². The summed E-state index contributed by atoms with van der Waals surface area (Å²) in [6, 6.07) is 14.1. The molecule has 0 spiro atoms. The van der Waals surface area contributed by atoms with Crippen molar-refractivity contribution < 1.29 is 9.13 Å². The molecule has 2 nitrogen and oxygen atoms in total. The van der Waals surface area contributed by atoms with Crippen molar-refractivity contribution in [3.05, 3.63) is 59.9 Å². The minimum atomic E-state index is -0.254. The van der Waals surface area contributed by atoms with Crippen molar-refractivity contribution in [2.75, 3.05) is 0 Å². The van der Waals surface area contributed by atoms with Crippen molar-refractivity contribution >= 4 is 0 Å². The van der Waals surface area contributed by atoms with Gasteiger partial charge in [-0.25, -0.2) is 4.39 Å². The van der Waals surface area contributed by atoms with Crippen LogP contribution in [0.5, 0.6) is 11.5 Å². The zero-order valence-electron chi connectivity index (χ0n) is 12.1. The minimum Gasteiger partial charge on any atom is -0.457 e. The highest BCUT2D eigenvalue weighted by Crippen LogP contribution is 2.26. The van der Waals surface area contributed by atoms with Crippen molar-refractivity contribution in [1.82, 2.24) is 5.32 Å². The van der Waals surface area contributed by atoms with Crippen LogP contribution in [-0.2, 0) is 6.54 Å². The molecule has 0 bridgehead atoms. The van der Waals surface area contributed by atoms with E-state index in [-0.39, 0.29) is 11.4 Å². The lowest BCUT2D eigenvalue weighted by atomic mass is 10.1. The maximum atomic E-state index is 13.4. The van der Waals surface area contributed by atoms with E-state index in [0.29, 0.717) is 12.3 Å².